The first-order chi connectivity index (χ1) is 12.4. The Bertz CT molecular complexity index is 977. The third-order valence-electron chi connectivity index (χ3n) is 3.97. The molecule has 0 radical (unpaired) electrons. The lowest BCUT2D eigenvalue weighted by molar-refractivity contribution is -0.114. The number of aromatic nitrogens is 1. The van der Waals surface area contributed by atoms with E-state index in [-0.39, 0.29) is 11.8 Å². The third kappa shape index (κ3) is 3.66. The molecule has 2 amide bonds. The van der Waals surface area contributed by atoms with Crippen molar-refractivity contribution in [3.05, 3.63) is 63.8 Å². The van der Waals surface area contributed by atoms with Gasteiger partial charge in [0.1, 0.15) is 5.00 Å². The fraction of sp³-hybridized carbons (Fsp3) is 0.158. The van der Waals surface area contributed by atoms with Crippen LogP contribution in [0.3, 0.4) is 0 Å². The number of aryl methyl sites for hydroxylation is 1. The molecule has 0 unspecified atom stereocenters. The van der Waals surface area contributed by atoms with Crippen molar-refractivity contribution < 1.29 is 9.59 Å². The number of rotatable bonds is 4. The van der Waals surface area contributed by atoms with Gasteiger partial charge in [-0.15, -0.1) is 11.3 Å². The lowest BCUT2D eigenvalue weighted by Crippen LogP contribution is -2.15. The van der Waals surface area contributed by atoms with Crippen molar-refractivity contribution in [3.63, 3.8) is 0 Å². The van der Waals surface area contributed by atoms with Crippen LogP contribution in [0.2, 0.25) is 5.02 Å². The number of carbonyl (C=O) groups is 2. The predicted octanol–water partition coefficient (Wildman–Crippen LogP) is 5.02. The molecule has 7 heteroatoms. The normalized spacial score (nSPS) is 10.6. The molecule has 2 aromatic heterocycles. The summed E-state index contributed by atoms with van der Waals surface area (Å²) in [5, 5.41) is 6.77. The summed E-state index contributed by atoms with van der Waals surface area (Å²) < 4.78 is 1.94. The summed E-state index contributed by atoms with van der Waals surface area (Å²) in [5.41, 5.74) is 2.67. The molecule has 3 aromatic rings. The molecular weight excluding hydrogens is 370 g/mol. The van der Waals surface area contributed by atoms with Crippen molar-refractivity contribution in [2.75, 3.05) is 10.6 Å². The van der Waals surface area contributed by atoms with Crippen molar-refractivity contribution in [3.8, 4) is 5.00 Å². The van der Waals surface area contributed by atoms with Crippen LogP contribution in [0.4, 0.5) is 11.4 Å². The van der Waals surface area contributed by atoms with Crippen molar-refractivity contribution in [2.24, 2.45) is 0 Å². The standard InChI is InChI=1S/C19H18ClN3O2S/c1-11-12(2)26-19(23-8-4-5-9-23)17(11)18(25)22-14-6-7-16(15(20)10-14)21-13(3)24/h4-10H,1-3H3,(H,21,24)(H,22,25). The smallest absolute Gasteiger partial charge is 0.258 e. The van der Waals surface area contributed by atoms with Crippen LogP contribution < -0.4 is 10.6 Å². The number of nitrogens with zero attached hydrogens (tertiary/aromatic N) is 1. The van der Waals surface area contributed by atoms with Crippen molar-refractivity contribution in [2.45, 2.75) is 20.8 Å². The molecule has 0 bridgehead atoms. The number of benzene rings is 1. The van der Waals surface area contributed by atoms with Gasteiger partial charge in [-0.25, -0.2) is 0 Å². The van der Waals surface area contributed by atoms with Crippen LogP contribution in [-0.2, 0) is 4.79 Å². The van der Waals surface area contributed by atoms with Crippen molar-refractivity contribution in [1.82, 2.24) is 4.57 Å². The Balaban J connectivity index is 1.90. The number of hydrogen-bond donors (Lipinski definition) is 2. The zero-order valence-electron chi connectivity index (χ0n) is 14.6. The highest BCUT2D eigenvalue weighted by molar-refractivity contribution is 7.15. The molecule has 26 heavy (non-hydrogen) atoms. The highest BCUT2D eigenvalue weighted by atomic mass is 35.5. The zero-order chi connectivity index (χ0) is 18.8. The van der Waals surface area contributed by atoms with Gasteiger partial charge in [0.25, 0.3) is 5.91 Å². The molecule has 0 saturated carbocycles. The van der Waals surface area contributed by atoms with Gasteiger partial charge in [0, 0.05) is 29.9 Å². The largest absolute Gasteiger partial charge is 0.325 e. The number of amides is 2. The first-order valence-electron chi connectivity index (χ1n) is 7.98. The van der Waals surface area contributed by atoms with Crippen LogP contribution in [0.5, 0.6) is 0 Å². The Hall–Kier alpha value is -2.57. The van der Waals surface area contributed by atoms with E-state index in [0.29, 0.717) is 22.0 Å². The molecule has 2 N–H and O–H groups in total. The molecule has 0 aliphatic carbocycles. The summed E-state index contributed by atoms with van der Waals surface area (Å²) in [5.74, 6) is -0.400. The van der Waals surface area contributed by atoms with Crippen molar-refractivity contribution in [1.29, 1.82) is 0 Å². The molecule has 5 nitrogen and oxygen atoms in total. The predicted molar refractivity (Wildman–Crippen MR) is 107 cm³/mol. The maximum Gasteiger partial charge on any atom is 0.258 e. The molecule has 1 aromatic carbocycles. The Labute approximate surface area is 160 Å². The second-order valence-electron chi connectivity index (χ2n) is 5.88. The van der Waals surface area contributed by atoms with Gasteiger partial charge in [-0.1, -0.05) is 11.6 Å². The number of hydrogen-bond acceptors (Lipinski definition) is 3. The van der Waals surface area contributed by atoms with E-state index >= 15 is 0 Å². The van der Waals surface area contributed by atoms with Crippen molar-refractivity contribution >= 4 is 46.1 Å². The van der Waals surface area contributed by atoms with E-state index in [9.17, 15) is 9.59 Å². The van der Waals surface area contributed by atoms with E-state index in [2.05, 4.69) is 10.6 Å². The van der Waals surface area contributed by atoms with Crippen LogP contribution in [0.15, 0.2) is 42.7 Å². The summed E-state index contributed by atoms with van der Waals surface area (Å²) >= 11 is 7.76. The maximum absolute atomic E-state index is 12.9. The minimum Gasteiger partial charge on any atom is -0.325 e. The SMILES string of the molecule is CC(=O)Nc1ccc(NC(=O)c2c(-n3cccc3)sc(C)c2C)cc1Cl. The highest BCUT2D eigenvalue weighted by Gasteiger charge is 2.20. The van der Waals surface area contributed by atoms with Gasteiger partial charge < -0.3 is 15.2 Å². The molecule has 0 saturated heterocycles. The monoisotopic (exact) mass is 387 g/mol. The molecule has 0 fully saturated rings. The van der Waals surface area contributed by atoms with Crippen LogP contribution in [0.1, 0.15) is 27.7 Å². The molecule has 2 heterocycles. The molecule has 134 valence electrons. The Morgan fingerprint density at radius 2 is 1.81 bits per heavy atom. The first kappa shape index (κ1) is 18.2. The van der Waals surface area contributed by atoms with Gasteiger partial charge in [0.05, 0.1) is 16.3 Å². The van der Waals surface area contributed by atoms with E-state index in [1.807, 2.05) is 42.9 Å². The Kier molecular flexibility index (Phi) is 5.15. The van der Waals surface area contributed by atoms with Crippen LogP contribution in [0.25, 0.3) is 5.00 Å². The number of thiophene rings is 1. The van der Waals surface area contributed by atoms with Gasteiger partial charge in [0.15, 0.2) is 0 Å². The fourth-order valence-corrected chi connectivity index (χ4v) is 3.95. The second kappa shape index (κ2) is 7.35. The fourth-order valence-electron chi connectivity index (χ4n) is 2.61. The molecule has 0 atom stereocenters. The average molecular weight is 388 g/mol. The van der Waals surface area contributed by atoms with Gasteiger partial charge >= 0.3 is 0 Å². The van der Waals surface area contributed by atoms with Gasteiger partial charge in [-0.3, -0.25) is 9.59 Å². The van der Waals surface area contributed by atoms with Gasteiger partial charge in [-0.05, 0) is 49.7 Å². The lowest BCUT2D eigenvalue weighted by atomic mass is 10.1. The van der Waals surface area contributed by atoms with Crippen LogP contribution in [-0.4, -0.2) is 16.4 Å². The molecule has 0 spiro atoms. The van der Waals surface area contributed by atoms with Crippen LogP contribution in [0, 0.1) is 13.8 Å². The topological polar surface area (TPSA) is 63.1 Å². The van der Waals surface area contributed by atoms with E-state index in [0.717, 1.165) is 15.4 Å². The Morgan fingerprint density at radius 3 is 2.42 bits per heavy atom. The summed E-state index contributed by atoms with van der Waals surface area (Å²) in [6.07, 6.45) is 3.83. The minimum absolute atomic E-state index is 0.195. The molecule has 0 aliphatic heterocycles. The lowest BCUT2D eigenvalue weighted by Gasteiger charge is -2.11. The molecule has 0 aliphatic rings. The third-order valence-corrected chi connectivity index (χ3v) is 5.50. The number of nitrogens with one attached hydrogen (secondary N) is 2. The second-order valence-corrected chi connectivity index (χ2v) is 7.49. The van der Waals surface area contributed by atoms with E-state index in [1.165, 1.54) is 6.92 Å². The summed E-state index contributed by atoms with van der Waals surface area (Å²) in [7, 11) is 0. The maximum atomic E-state index is 12.9. The summed E-state index contributed by atoms with van der Waals surface area (Å²) in [6, 6.07) is 8.84. The number of anilines is 2. The molecular formula is C19H18ClN3O2S. The number of carbonyl (C=O) groups excluding carboxylic acids is 2. The van der Waals surface area contributed by atoms with Gasteiger partial charge in [0.2, 0.25) is 5.91 Å². The van der Waals surface area contributed by atoms with Gasteiger partial charge in [-0.2, -0.15) is 0 Å². The van der Waals surface area contributed by atoms with E-state index < -0.39 is 0 Å². The van der Waals surface area contributed by atoms with E-state index in [4.69, 9.17) is 11.6 Å². The minimum atomic E-state index is -0.204. The zero-order valence-corrected chi connectivity index (χ0v) is 16.2. The summed E-state index contributed by atoms with van der Waals surface area (Å²) in [4.78, 5) is 25.2. The molecule has 3 rings (SSSR count). The average Bonchev–Trinajstić information content (AvgIpc) is 3.19. The van der Waals surface area contributed by atoms with E-state index in [1.54, 1.807) is 29.5 Å². The van der Waals surface area contributed by atoms with Crippen LogP contribution >= 0.6 is 22.9 Å². The highest BCUT2D eigenvalue weighted by Crippen LogP contribution is 2.32. The first-order valence-corrected chi connectivity index (χ1v) is 9.18. The Morgan fingerprint density at radius 1 is 1.12 bits per heavy atom. The number of halogens is 1. The quantitative estimate of drug-likeness (QED) is 0.660. The summed E-state index contributed by atoms with van der Waals surface area (Å²) in [6.45, 7) is 5.36.